The summed E-state index contributed by atoms with van der Waals surface area (Å²) in [7, 11) is 1.33. The molecule has 0 saturated heterocycles. The average Bonchev–Trinajstić information content (AvgIpc) is 3.37. The molecule has 0 amide bonds. The number of hydrogen-bond donors (Lipinski definition) is 0. The van der Waals surface area contributed by atoms with Crippen molar-refractivity contribution in [3.8, 4) is 0 Å². The van der Waals surface area contributed by atoms with Crippen LogP contribution in [0.3, 0.4) is 0 Å². The Kier molecular flexibility index (Phi) is 8.71. The van der Waals surface area contributed by atoms with Crippen molar-refractivity contribution >= 4 is 34.5 Å². The standard InChI is InChI=1S/C19H14F17IO4/c1-40-10(38)6-4-3-5(7(6)11(39)41-2)9(37)8(4)12(20,21)13(22,23)14(24,25)15(26,27)16(28,29)17(30,31)18(32,33)19(34,35)36/h4-9H,3H2,1-2H3. The lowest BCUT2D eigenvalue weighted by Crippen LogP contribution is -2.75. The lowest BCUT2D eigenvalue weighted by Gasteiger charge is -2.46. The van der Waals surface area contributed by atoms with Gasteiger partial charge in [-0.1, -0.05) is 22.6 Å². The highest BCUT2D eigenvalue weighted by molar-refractivity contribution is 14.1. The van der Waals surface area contributed by atoms with Gasteiger partial charge in [0.1, 0.15) is 0 Å². The third-order valence-corrected chi connectivity index (χ3v) is 8.88. The van der Waals surface area contributed by atoms with Gasteiger partial charge in [0.05, 0.1) is 26.1 Å². The highest BCUT2D eigenvalue weighted by Crippen LogP contribution is 2.69. The molecule has 2 fully saturated rings. The minimum Gasteiger partial charge on any atom is -0.469 e. The van der Waals surface area contributed by atoms with Crippen LogP contribution in [-0.2, 0) is 19.1 Å². The monoisotopic (exact) mass is 756 g/mol. The maximum absolute atomic E-state index is 15.1. The molecule has 2 aliphatic rings. The molecule has 6 atom stereocenters. The van der Waals surface area contributed by atoms with E-state index in [1.54, 1.807) is 0 Å². The molecule has 0 radical (unpaired) electrons. The molecule has 2 saturated carbocycles. The molecule has 2 bridgehead atoms. The molecular formula is C19H14F17IO4. The smallest absolute Gasteiger partial charge is 0.460 e. The van der Waals surface area contributed by atoms with Crippen molar-refractivity contribution in [1.29, 1.82) is 0 Å². The number of fused-ring (bicyclic) bond motifs is 2. The summed E-state index contributed by atoms with van der Waals surface area (Å²) in [5.74, 6) is -71.4. The number of carbonyl (C=O) groups is 2. The van der Waals surface area contributed by atoms with E-state index in [4.69, 9.17) is 0 Å². The van der Waals surface area contributed by atoms with Crippen LogP contribution in [0.5, 0.6) is 0 Å². The first-order valence-electron chi connectivity index (χ1n) is 10.5. The van der Waals surface area contributed by atoms with Gasteiger partial charge in [-0.15, -0.1) is 0 Å². The quantitative estimate of drug-likeness (QED) is 0.115. The zero-order chi connectivity index (χ0) is 32.7. The van der Waals surface area contributed by atoms with Gasteiger partial charge < -0.3 is 9.47 Å². The van der Waals surface area contributed by atoms with Crippen molar-refractivity contribution in [2.45, 2.75) is 58.0 Å². The van der Waals surface area contributed by atoms with E-state index in [2.05, 4.69) is 9.47 Å². The van der Waals surface area contributed by atoms with Crippen LogP contribution in [0.2, 0.25) is 0 Å². The van der Waals surface area contributed by atoms with E-state index >= 15 is 8.78 Å². The molecule has 6 unspecified atom stereocenters. The van der Waals surface area contributed by atoms with Gasteiger partial charge in [-0.25, -0.2) is 0 Å². The molecule has 2 aliphatic carbocycles. The molecule has 4 nitrogen and oxygen atoms in total. The maximum atomic E-state index is 15.1. The zero-order valence-electron chi connectivity index (χ0n) is 19.6. The lowest BCUT2D eigenvalue weighted by atomic mass is 9.69. The van der Waals surface area contributed by atoms with Gasteiger partial charge in [-0.05, 0) is 18.3 Å². The van der Waals surface area contributed by atoms with Gasteiger partial charge in [-0.2, -0.15) is 74.6 Å². The van der Waals surface area contributed by atoms with Crippen molar-refractivity contribution < 1.29 is 93.7 Å². The second-order valence-corrected chi connectivity index (χ2v) is 10.6. The number of methoxy groups -OCH3 is 2. The Hall–Kier alpha value is -1.52. The van der Waals surface area contributed by atoms with Crippen LogP contribution in [-0.4, -0.2) is 77.7 Å². The number of alkyl halides is 18. The molecule has 0 heterocycles. The Morgan fingerprint density at radius 2 is 0.878 bits per heavy atom. The molecule has 2 rings (SSSR count). The predicted octanol–water partition coefficient (Wildman–Crippen LogP) is 6.64. The Morgan fingerprint density at radius 1 is 0.561 bits per heavy atom. The summed E-state index contributed by atoms with van der Waals surface area (Å²) in [6.45, 7) is 0. The Labute approximate surface area is 230 Å². The molecule has 0 aliphatic heterocycles. The summed E-state index contributed by atoms with van der Waals surface area (Å²) in [4.78, 5) is 24.3. The number of carbonyl (C=O) groups excluding carboxylic acids is 2. The van der Waals surface area contributed by atoms with Crippen LogP contribution in [0, 0.1) is 29.6 Å². The molecule has 240 valence electrons. The van der Waals surface area contributed by atoms with E-state index in [1.807, 2.05) is 0 Å². The topological polar surface area (TPSA) is 52.6 Å². The van der Waals surface area contributed by atoms with Gasteiger partial charge >= 0.3 is 59.6 Å². The summed E-state index contributed by atoms with van der Waals surface area (Å²) < 4.78 is 240. The first-order valence-corrected chi connectivity index (χ1v) is 11.7. The fraction of sp³-hybridized carbons (Fsp3) is 0.895. The van der Waals surface area contributed by atoms with Crippen molar-refractivity contribution in [2.24, 2.45) is 29.6 Å². The number of halogens is 18. The van der Waals surface area contributed by atoms with Gasteiger partial charge in [0.2, 0.25) is 0 Å². The Balaban J connectivity index is 2.66. The SMILES string of the molecule is COC(=O)C1C2CC(C1C(=O)OC)C(C(F)(F)C(F)(F)C(F)(F)C(F)(F)C(F)(F)C(F)(F)C(F)(F)C(F)(F)F)C2I. The number of ether oxygens (including phenoxy) is 2. The van der Waals surface area contributed by atoms with Gasteiger partial charge in [-0.3, -0.25) is 9.59 Å². The molecular weight excluding hydrogens is 742 g/mol. The second-order valence-electron chi connectivity index (χ2n) is 9.20. The second kappa shape index (κ2) is 10.0. The van der Waals surface area contributed by atoms with Gasteiger partial charge in [0.25, 0.3) is 0 Å². The molecule has 41 heavy (non-hydrogen) atoms. The van der Waals surface area contributed by atoms with Crippen molar-refractivity contribution in [2.75, 3.05) is 14.2 Å². The van der Waals surface area contributed by atoms with Crippen molar-refractivity contribution in [1.82, 2.24) is 0 Å². The molecule has 22 heteroatoms. The van der Waals surface area contributed by atoms with Crippen molar-refractivity contribution in [3.63, 3.8) is 0 Å². The molecule has 0 N–H and O–H groups in total. The largest absolute Gasteiger partial charge is 0.469 e. The van der Waals surface area contributed by atoms with Crippen LogP contribution in [0.15, 0.2) is 0 Å². The third-order valence-electron chi connectivity index (χ3n) is 7.18. The van der Waals surface area contributed by atoms with E-state index in [0.29, 0.717) is 7.11 Å². The fourth-order valence-corrected chi connectivity index (χ4v) is 6.84. The third kappa shape index (κ3) is 4.43. The van der Waals surface area contributed by atoms with E-state index < -0.39 is 99.5 Å². The Morgan fingerprint density at radius 3 is 1.22 bits per heavy atom. The first kappa shape index (κ1) is 35.7. The highest BCUT2D eigenvalue weighted by atomic mass is 127. The summed E-state index contributed by atoms with van der Waals surface area (Å²) in [5, 5.41) is 0. The number of rotatable bonds is 9. The molecule has 0 spiro atoms. The van der Waals surface area contributed by atoms with Crippen LogP contribution in [0.4, 0.5) is 74.6 Å². The van der Waals surface area contributed by atoms with Crippen LogP contribution >= 0.6 is 22.6 Å². The van der Waals surface area contributed by atoms with Gasteiger partial charge in [0, 0.05) is 9.84 Å². The minimum absolute atomic E-state index is 0.597. The Bertz CT molecular complexity index is 1040. The molecule has 0 aromatic rings. The van der Waals surface area contributed by atoms with Gasteiger partial charge in [0.15, 0.2) is 0 Å². The molecule has 0 aromatic carbocycles. The minimum atomic E-state index is -8.73. The normalized spacial score (nSPS) is 28.6. The number of esters is 2. The molecule has 0 aromatic heterocycles. The average molecular weight is 756 g/mol. The summed E-state index contributed by atoms with van der Waals surface area (Å²) >= 11 is 0.861. The summed E-state index contributed by atoms with van der Waals surface area (Å²) in [5.41, 5.74) is 0. The van der Waals surface area contributed by atoms with E-state index in [0.717, 1.165) is 29.7 Å². The zero-order valence-corrected chi connectivity index (χ0v) is 21.8. The van der Waals surface area contributed by atoms with Crippen LogP contribution in [0.25, 0.3) is 0 Å². The fourth-order valence-electron chi connectivity index (χ4n) is 5.11. The highest BCUT2D eigenvalue weighted by Gasteiger charge is 2.96. The van der Waals surface area contributed by atoms with Crippen LogP contribution in [0.1, 0.15) is 6.42 Å². The van der Waals surface area contributed by atoms with E-state index in [-0.39, 0.29) is 0 Å². The number of hydrogen-bond acceptors (Lipinski definition) is 4. The first-order chi connectivity index (χ1) is 18.0. The summed E-state index contributed by atoms with van der Waals surface area (Å²) in [6.07, 6.45) is -8.70. The van der Waals surface area contributed by atoms with E-state index in [9.17, 15) is 75.4 Å². The predicted molar refractivity (Wildman–Crippen MR) is 105 cm³/mol. The summed E-state index contributed by atoms with van der Waals surface area (Å²) in [6, 6.07) is 0. The van der Waals surface area contributed by atoms with Crippen molar-refractivity contribution in [3.05, 3.63) is 0 Å². The maximum Gasteiger partial charge on any atom is 0.460 e. The lowest BCUT2D eigenvalue weighted by molar-refractivity contribution is -0.463. The van der Waals surface area contributed by atoms with E-state index in [1.165, 1.54) is 0 Å². The van der Waals surface area contributed by atoms with Crippen LogP contribution < -0.4 is 0 Å².